The lowest BCUT2D eigenvalue weighted by atomic mass is 9.98. The molecule has 25 heavy (non-hydrogen) atoms. The lowest BCUT2D eigenvalue weighted by molar-refractivity contribution is -0.901. The molecule has 1 aliphatic heterocycles. The molecule has 2 aromatic rings. The van der Waals surface area contributed by atoms with Gasteiger partial charge in [-0.2, -0.15) is 0 Å². The molecule has 1 heterocycles. The minimum atomic E-state index is -0.369. The molecule has 6 heteroatoms. The number of benzene rings is 2. The molecule has 2 atom stereocenters. The topological polar surface area (TPSA) is 41.8 Å². The largest absolute Gasteiger partial charge is 0.316 e. The van der Waals surface area contributed by atoms with Gasteiger partial charge in [0.1, 0.15) is 6.54 Å². The number of nitrogens with one attached hydrogen (secondary N) is 1. The van der Waals surface area contributed by atoms with Crippen molar-refractivity contribution in [2.45, 2.75) is 18.9 Å². The van der Waals surface area contributed by atoms with Gasteiger partial charge in [0.15, 0.2) is 6.67 Å². The highest BCUT2D eigenvalue weighted by atomic mass is 35.5. The SMILES string of the molecule is C[NH+](Cc1ccc(Cl)c(Cl)c1)CN1C(=O)C[C@H](c2ccccc2)C1=O. The average Bonchev–Trinajstić information content (AvgIpc) is 2.87. The summed E-state index contributed by atoms with van der Waals surface area (Å²) in [6, 6.07) is 14.9. The third-order valence-electron chi connectivity index (χ3n) is 4.36. The van der Waals surface area contributed by atoms with Crippen molar-refractivity contribution in [3.05, 3.63) is 69.7 Å². The van der Waals surface area contributed by atoms with E-state index in [0.717, 1.165) is 16.0 Å². The van der Waals surface area contributed by atoms with E-state index in [1.807, 2.05) is 49.5 Å². The van der Waals surface area contributed by atoms with Gasteiger partial charge >= 0.3 is 0 Å². The van der Waals surface area contributed by atoms with Crippen LogP contribution in [0.3, 0.4) is 0 Å². The van der Waals surface area contributed by atoms with Gasteiger partial charge in [-0.1, -0.05) is 59.6 Å². The van der Waals surface area contributed by atoms with Crippen LogP contribution >= 0.6 is 23.2 Å². The van der Waals surface area contributed by atoms with E-state index in [2.05, 4.69) is 0 Å². The third-order valence-corrected chi connectivity index (χ3v) is 5.10. The predicted octanol–water partition coefficient (Wildman–Crippen LogP) is 2.51. The summed E-state index contributed by atoms with van der Waals surface area (Å²) in [5.41, 5.74) is 1.90. The lowest BCUT2D eigenvalue weighted by Crippen LogP contribution is -3.09. The smallest absolute Gasteiger partial charge is 0.241 e. The highest BCUT2D eigenvalue weighted by molar-refractivity contribution is 6.42. The fourth-order valence-corrected chi connectivity index (χ4v) is 3.44. The molecular formula is C19H19Cl2N2O2+. The van der Waals surface area contributed by atoms with Crippen LogP contribution in [-0.2, 0) is 16.1 Å². The second-order valence-electron chi connectivity index (χ2n) is 6.37. The normalized spacial score (nSPS) is 18.7. The number of halogens is 2. The Hall–Kier alpha value is -1.88. The molecular weight excluding hydrogens is 359 g/mol. The van der Waals surface area contributed by atoms with Gasteiger partial charge in [0.05, 0.1) is 23.0 Å². The van der Waals surface area contributed by atoms with Gasteiger partial charge in [-0.05, 0) is 17.7 Å². The summed E-state index contributed by atoms with van der Waals surface area (Å²) in [5.74, 6) is -0.608. The van der Waals surface area contributed by atoms with Gasteiger partial charge in [-0.3, -0.25) is 9.59 Å². The van der Waals surface area contributed by atoms with Crippen molar-refractivity contribution in [2.75, 3.05) is 13.7 Å². The average molecular weight is 378 g/mol. The maximum absolute atomic E-state index is 12.7. The van der Waals surface area contributed by atoms with Crippen LogP contribution < -0.4 is 4.90 Å². The summed E-state index contributed by atoms with van der Waals surface area (Å²) in [6.45, 7) is 0.977. The number of quaternary nitrogens is 1. The molecule has 0 aliphatic carbocycles. The number of carbonyl (C=O) groups excluding carboxylic acids is 2. The summed E-state index contributed by atoms with van der Waals surface area (Å²) in [6.07, 6.45) is 0.239. The molecule has 130 valence electrons. The molecule has 1 N–H and O–H groups in total. The Morgan fingerprint density at radius 3 is 2.48 bits per heavy atom. The lowest BCUT2D eigenvalue weighted by Gasteiger charge is -2.21. The molecule has 1 unspecified atom stereocenters. The summed E-state index contributed by atoms with van der Waals surface area (Å²) < 4.78 is 0. The van der Waals surface area contributed by atoms with Crippen LogP contribution in [0.15, 0.2) is 48.5 Å². The second-order valence-corrected chi connectivity index (χ2v) is 7.18. The number of amides is 2. The highest BCUT2D eigenvalue weighted by Gasteiger charge is 2.40. The first-order valence-electron chi connectivity index (χ1n) is 8.10. The van der Waals surface area contributed by atoms with Crippen molar-refractivity contribution in [2.24, 2.45) is 0 Å². The fraction of sp³-hybridized carbons (Fsp3) is 0.263. The van der Waals surface area contributed by atoms with Crippen LogP contribution in [0.2, 0.25) is 10.0 Å². The number of hydrogen-bond acceptors (Lipinski definition) is 2. The van der Waals surface area contributed by atoms with E-state index >= 15 is 0 Å². The minimum absolute atomic E-state index is 0.118. The van der Waals surface area contributed by atoms with Crippen molar-refractivity contribution in [1.29, 1.82) is 0 Å². The number of nitrogens with zero attached hydrogens (tertiary/aromatic N) is 1. The molecule has 0 bridgehead atoms. The van der Waals surface area contributed by atoms with Gasteiger partial charge in [-0.25, -0.2) is 4.90 Å². The highest BCUT2D eigenvalue weighted by Crippen LogP contribution is 2.28. The summed E-state index contributed by atoms with van der Waals surface area (Å²) in [7, 11) is 1.94. The second kappa shape index (κ2) is 7.56. The molecule has 2 amide bonds. The van der Waals surface area contributed by atoms with Crippen LogP contribution in [0.5, 0.6) is 0 Å². The Morgan fingerprint density at radius 1 is 1.08 bits per heavy atom. The molecule has 0 aromatic heterocycles. The van der Waals surface area contributed by atoms with Crippen LogP contribution in [0.4, 0.5) is 0 Å². The maximum atomic E-state index is 12.7. The molecule has 4 nitrogen and oxygen atoms in total. The van der Waals surface area contributed by atoms with Crippen molar-refractivity contribution in [1.82, 2.24) is 4.90 Å². The molecule has 3 rings (SSSR count). The fourth-order valence-electron chi connectivity index (χ4n) is 3.12. The first-order valence-corrected chi connectivity index (χ1v) is 8.85. The van der Waals surface area contributed by atoms with E-state index in [1.165, 1.54) is 4.90 Å². The summed E-state index contributed by atoms with van der Waals surface area (Å²) in [4.78, 5) is 27.4. The van der Waals surface area contributed by atoms with Crippen molar-refractivity contribution >= 4 is 35.0 Å². The zero-order valence-corrected chi connectivity index (χ0v) is 15.3. The quantitative estimate of drug-likeness (QED) is 0.813. The van der Waals surface area contributed by atoms with Crippen LogP contribution in [0.1, 0.15) is 23.5 Å². The van der Waals surface area contributed by atoms with E-state index < -0.39 is 0 Å². The van der Waals surface area contributed by atoms with E-state index in [9.17, 15) is 9.59 Å². The monoisotopic (exact) mass is 377 g/mol. The number of hydrogen-bond donors (Lipinski definition) is 1. The first-order chi connectivity index (χ1) is 12.0. The summed E-state index contributed by atoms with van der Waals surface area (Å²) in [5, 5.41) is 1.02. The zero-order chi connectivity index (χ0) is 18.0. The third kappa shape index (κ3) is 4.03. The molecule has 2 aromatic carbocycles. The number of imide groups is 1. The van der Waals surface area contributed by atoms with E-state index in [0.29, 0.717) is 23.3 Å². The van der Waals surface area contributed by atoms with Gasteiger partial charge < -0.3 is 4.90 Å². The summed E-state index contributed by atoms with van der Waals surface area (Å²) >= 11 is 12.0. The van der Waals surface area contributed by atoms with Crippen LogP contribution in [0, 0.1) is 0 Å². The standard InChI is InChI=1S/C19H18Cl2N2O2/c1-22(11-13-7-8-16(20)17(21)9-13)12-23-18(24)10-15(19(23)25)14-5-3-2-4-6-14/h2-9,15H,10-12H2,1H3/p+1/t15-/m1/s1. The number of carbonyl (C=O) groups is 2. The van der Waals surface area contributed by atoms with Gasteiger partial charge in [0.2, 0.25) is 11.8 Å². The Kier molecular flexibility index (Phi) is 5.42. The van der Waals surface area contributed by atoms with Gasteiger partial charge in [0, 0.05) is 12.0 Å². The minimum Gasteiger partial charge on any atom is -0.316 e. The van der Waals surface area contributed by atoms with Crippen molar-refractivity contribution < 1.29 is 14.5 Å². The van der Waals surface area contributed by atoms with Gasteiger partial charge in [0.25, 0.3) is 0 Å². The molecule has 1 saturated heterocycles. The first kappa shape index (κ1) is 17.9. The maximum Gasteiger partial charge on any atom is 0.241 e. The molecule has 0 radical (unpaired) electrons. The predicted molar refractivity (Wildman–Crippen MR) is 97.6 cm³/mol. The molecule has 1 aliphatic rings. The molecule has 0 spiro atoms. The van der Waals surface area contributed by atoms with Crippen molar-refractivity contribution in [3.8, 4) is 0 Å². The molecule has 1 fully saturated rings. The Morgan fingerprint density at radius 2 is 1.80 bits per heavy atom. The van der Waals surface area contributed by atoms with Crippen LogP contribution in [0.25, 0.3) is 0 Å². The zero-order valence-electron chi connectivity index (χ0n) is 13.8. The number of likely N-dealkylation sites (tertiary alicyclic amines) is 1. The van der Waals surface area contributed by atoms with E-state index in [4.69, 9.17) is 23.2 Å². The van der Waals surface area contributed by atoms with Crippen LogP contribution in [-0.4, -0.2) is 30.4 Å². The van der Waals surface area contributed by atoms with Crippen molar-refractivity contribution in [3.63, 3.8) is 0 Å². The molecule has 0 saturated carbocycles. The Labute approximate surface area is 156 Å². The van der Waals surface area contributed by atoms with E-state index in [1.54, 1.807) is 6.07 Å². The van der Waals surface area contributed by atoms with Gasteiger partial charge in [-0.15, -0.1) is 0 Å². The number of rotatable bonds is 5. The Balaban J connectivity index is 1.66. The van der Waals surface area contributed by atoms with E-state index in [-0.39, 0.29) is 24.2 Å². The Bertz CT molecular complexity index is 795.